The van der Waals surface area contributed by atoms with Crippen molar-refractivity contribution in [1.29, 1.82) is 0 Å². The molecule has 0 heterocycles. The molecule has 0 radical (unpaired) electrons. The van der Waals surface area contributed by atoms with Gasteiger partial charge in [-0.15, -0.1) is 0 Å². The van der Waals surface area contributed by atoms with Crippen molar-refractivity contribution in [3.8, 4) is 0 Å². The number of carbonyl (C=O) groups is 3. The van der Waals surface area contributed by atoms with Crippen molar-refractivity contribution in [1.82, 2.24) is 5.32 Å². The molecule has 3 N–H and O–H groups in total. The summed E-state index contributed by atoms with van der Waals surface area (Å²) in [6.45, 7) is 3.10. The van der Waals surface area contributed by atoms with Gasteiger partial charge in [0.25, 0.3) is 5.91 Å². The molecule has 134 valence electrons. The number of anilines is 2. The van der Waals surface area contributed by atoms with Crippen LogP contribution < -0.4 is 16.0 Å². The molecule has 0 aromatic heterocycles. The van der Waals surface area contributed by atoms with Gasteiger partial charge in [-0.2, -0.15) is 0 Å². The Balaban J connectivity index is 2.19. The molecule has 0 spiro atoms. The summed E-state index contributed by atoms with van der Waals surface area (Å²) in [6.07, 6.45) is 1.96. The third kappa shape index (κ3) is 5.90. The van der Waals surface area contributed by atoms with Crippen molar-refractivity contribution >= 4 is 35.2 Å². The summed E-state index contributed by atoms with van der Waals surface area (Å²) in [4.78, 5) is 35.5. The number of hydrogen-bond donors (Lipinski definition) is 3. The highest BCUT2D eigenvalue weighted by Crippen LogP contribution is 2.16. The van der Waals surface area contributed by atoms with Crippen molar-refractivity contribution in [3.05, 3.63) is 65.9 Å². The first-order valence-corrected chi connectivity index (χ1v) is 8.23. The van der Waals surface area contributed by atoms with E-state index in [1.54, 1.807) is 37.3 Å². The molecular formula is C20H21N3O3. The Labute approximate surface area is 152 Å². The van der Waals surface area contributed by atoms with Crippen LogP contribution in [0.5, 0.6) is 0 Å². The zero-order valence-corrected chi connectivity index (χ0v) is 14.7. The van der Waals surface area contributed by atoms with Crippen molar-refractivity contribution in [2.45, 2.75) is 20.3 Å². The SMILES string of the molecule is CCC(=O)Nc1cccc(NC(=O)/C(=C\c2ccccc2)NC(C)=O)c1. The molecule has 0 aliphatic heterocycles. The summed E-state index contributed by atoms with van der Waals surface area (Å²) in [7, 11) is 0. The number of rotatable bonds is 6. The van der Waals surface area contributed by atoms with Gasteiger partial charge >= 0.3 is 0 Å². The zero-order chi connectivity index (χ0) is 18.9. The second-order valence-corrected chi connectivity index (χ2v) is 5.59. The van der Waals surface area contributed by atoms with Crippen LogP contribution in [0, 0.1) is 0 Å². The molecule has 0 unspecified atom stereocenters. The summed E-state index contributed by atoms with van der Waals surface area (Å²) in [5.74, 6) is -0.911. The van der Waals surface area contributed by atoms with Crippen molar-refractivity contribution in [2.24, 2.45) is 0 Å². The van der Waals surface area contributed by atoms with Crippen LogP contribution in [0.3, 0.4) is 0 Å². The Morgan fingerprint density at radius 2 is 1.58 bits per heavy atom. The van der Waals surface area contributed by atoms with Crippen LogP contribution in [0.2, 0.25) is 0 Å². The van der Waals surface area contributed by atoms with E-state index in [4.69, 9.17) is 0 Å². The minimum Gasteiger partial charge on any atom is -0.326 e. The number of benzene rings is 2. The molecule has 26 heavy (non-hydrogen) atoms. The highest BCUT2D eigenvalue weighted by Gasteiger charge is 2.12. The molecule has 3 amide bonds. The number of carbonyl (C=O) groups excluding carboxylic acids is 3. The van der Waals surface area contributed by atoms with Crippen LogP contribution >= 0.6 is 0 Å². The van der Waals surface area contributed by atoms with Crippen LogP contribution in [0.4, 0.5) is 11.4 Å². The molecule has 2 aromatic rings. The lowest BCUT2D eigenvalue weighted by atomic mass is 10.2. The average molecular weight is 351 g/mol. The van der Waals surface area contributed by atoms with Gasteiger partial charge in [0, 0.05) is 24.7 Å². The van der Waals surface area contributed by atoms with Gasteiger partial charge < -0.3 is 16.0 Å². The van der Waals surface area contributed by atoms with Gasteiger partial charge in [-0.25, -0.2) is 0 Å². The largest absolute Gasteiger partial charge is 0.326 e. The first-order chi connectivity index (χ1) is 12.5. The third-order valence-electron chi connectivity index (χ3n) is 3.39. The smallest absolute Gasteiger partial charge is 0.272 e. The van der Waals surface area contributed by atoms with E-state index >= 15 is 0 Å². The minimum absolute atomic E-state index is 0.114. The fraction of sp³-hybridized carbons (Fsp3) is 0.150. The lowest BCUT2D eigenvalue weighted by Crippen LogP contribution is -2.29. The van der Waals surface area contributed by atoms with E-state index < -0.39 is 5.91 Å². The normalized spacial score (nSPS) is 10.8. The molecule has 2 rings (SSSR count). The van der Waals surface area contributed by atoms with Crippen LogP contribution in [0.1, 0.15) is 25.8 Å². The molecule has 6 nitrogen and oxygen atoms in total. The van der Waals surface area contributed by atoms with Gasteiger partial charge in [-0.1, -0.05) is 43.3 Å². The second-order valence-electron chi connectivity index (χ2n) is 5.59. The van der Waals surface area contributed by atoms with Crippen molar-refractivity contribution in [2.75, 3.05) is 10.6 Å². The van der Waals surface area contributed by atoms with E-state index in [-0.39, 0.29) is 17.5 Å². The molecule has 0 fully saturated rings. The maximum absolute atomic E-state index is 12.6. The van der Waals surface area contributed by atoms with Gasteiger partial charge in [0.2, 0.25) is 11.8 Å². The quantitative estimate of drug-likeness (QED) is 0.699. The first-order valence-electron chi connectivity index (χ1n) is 8.23. The van der Waals surface area contributed by atoms with Gasteiger partial charge in [-0.05, 0) is 29.8 Å². The van der Waals surface area contributed by atoms with E-state index in [1.165, 1.54) is 6.92 Å². The number of hydrogen-bond acceptors (Lipinski definition) is 3. The van der Waals surface area contributed by atoms with Crippen LogP contribution in [0.15, 0.2) is 60.3 Å². The number of amides is 3. The summed E-state index contributed by atoms with van der Waals surface area (Å²) in [5.41, 5.74) is 2.01. The monoisotopic (exact) mass is 351 g/mol. The Morgan fingerprint density at radius 1 is 0.923 bits per heavy atom. The van der Waals surface area contributed by atoms with Crippen LogP contribution in [-0.2, 0) is 14.4 Å². The molecule has 2 aromatic carbocycles. The second kappa shape index (κ2) is 9.17. The summed E-state index contributed by atoms with van der Waals surface area (Å²) >= 11 is 0. The van der Waals surface area contributed by atoms with Gasteiger partial charge in [0.1, 0.15) is 5.70 Å². The Hall–Kier alpha value is -3.41. The molecule has 6 heteroatoms. The molecule has 0 saturated heterocycles. The zero-order valence-electron chi connectivity index (χ0n) is 14.7. The fourth-order valence-electron chi connectivity index (χ4n) is 2.19. The van der Waals surface area contributed by atoms with Crippen LogP contribution in [-0.4, -0.2) is 17.7 Å². The average Bonchev–Trinajstić information content (AvgIpc) is 2.62. The Morgan fingerprint density at radius 3 is 2.19 bits per heavy atom. The highest BCUT2D eigenvalue weighted by atomic mass is 16.2. The summed E-state index contributed by atoms with van der Waals surface area (Å²) < 4.78 is 0. The summed E-state index contributed by atoms with van der Waals surface area (Å²) in [5, 5.41) is 8.00. The van der Waals surface area contributed by atoms with E-state index in [0.717, 1.165) is 5.56 Å². The molecule has 0 bridgehead atoms. The van der Waals surface area contributed by atoms with E-state index in [9.17, 15) is 14.4 Å². The highest BCUT2D eigenvalue weighted by molar-refractivity contribution is 6.08. The predicted molar refractivity (Wildman–Crippen MR) is 102 cm³/mol. The summed E-state index contributed by atoms with van der Waals surface area (Å²) in [6, 6.07) is 16.0. The maximum Gasteiger partial charge on any atom is 0.272 e. The first kappa shape index (κ1) is 18.9. The molecule has 0 aliphatic rings. The fourth-order valence-corrected chi connectivity index (χ4v) is 2.19. The van der Waals surface area contributed by atoms with E-state index in [0.29, 0.717) is 17.8 Å². The Kier molecular flexibility index (Phi) is 6.68. The molecule has 0 saturated carbocycles. The standard InChI is InChI=1S/C20H21N3O3/c1-3-19(25)22-16-10-7-11-17(13-16)23-20(26)18(21-14(2)24)12-15-8-5-4-6-9-15/h4-13H,3H2,1-2H3,(H,21,24)(H,22,25)(H,23,26)/b18-12+. The van der Waals surface area contributed by atoms with Gasteiger partial charge in [0.15, 0.2) is 0 Å². The third-order valence-corrected chi connectivity index (χ3v) is 3.39. The minimum atomic E-state index is -0.456. The lowest BCUT2D eigenvalue weighted by Gasteiger charge is -2.11. The van der Waals surface area contributed by atoms with E-state index in [2.05, 4.69) is 16.0 Å². The Bertz CT molecular complexity index is 829. The van der Waals surface area contributed by atoms with Crippen molar-refractivity contribution in [3.63, 3.8) is 0 Å². The lowest BCUT2D eigenvalue weighted by molar-refractivity contribution is -0.120. The maximum atomic E-state index is 12.6. The van der Waals surface area contributed by atoms with Gasteiger partial charge in [-0.3, -0.25) is 14.4 Å². The molecular weight excluding hydrogens is 330 g/mol. The van der Waals surface area contributed by atoms with Crippen molar-refractivity contribution < 1.29 is 14.4 Å². The van der Waals surface area contributed by atoms with E-state index in [1.807, 2.05) is 30.3 Å². The molecule has 0 atom stereocenters. The predicted octanol–water partition coefficient (Wildman–Crippen LogP) is 3.15. The number of nitrogens with one attached hydrogen (secondary N) is 3. The topological polar surface area (TPSA) is 87.3 Å². The van der Waals surface area contributed by atoms with Gasteiger partial charge in [0.05, 0.1) is 0 Å². The van der Waals surface area contributed by atoms with Crippen LogP contribution in [0.25, 0.3) is 6.08 Å². The molecule has 0 aliphatic carbocycles.